The van der Waals surface area contributed by atoms with Crippen LogP contribution in [0.3, 0.4) is 0 Å². The summed E-state index contributed by atoms with van der Waals surface area (Å²) < 4.78 is 31.0. The number of carbonyl (C=O) groups is 1. The predicted octanol–water partition coefficient (Wildman–Crippen LogP) is 3.56. The van der Waals surface area contributed by atoms with Gasteiger partial charge in [-0.05, 0) is 29.8 Å². The van der Waals surface area contributed by atoms with Crippen LogP contribution in [0.2, 0.25) is 0 Å². The van der Waals surface area contributed by atoms with E-state index in [0.717, 1.165) is 23.9 Å². The molecule has 10 heteroatoms. The van der Waals surface area contributed by atoms with Gasteiger partial charge in [0.1, 0.15) is 5.75 Å². The number of benzene rings is 2. The second kappa shape index (κ2) is 8.25. The number of nitrogens with one attached hydrogen (secondary N) is 1. The van der Waals surface area contributed by atoms with Crippen molar-refractivity contribution < 1.29 is 23.2 Å². The summed E-state index contributed by atoms with van der Waals surface area (Å²) in [6.07, 6.45) is 3.35. The van der Waals surface area contributed by atoms with Crippen LogP contribution in [0.1, 0.15) is 5.56 Å². The largest absolute Gasteiger partial charge is 0.433 e. The van der Waals surface area contributed by atoms with Crippen molar-refractivity contribution in [1.82, 2.24) is 9.78 Å². The van der Waals surface area contributed by atoms with Crippen molar-refractivity contribution >= 4 is 17.3 Å². The maximum atomic E-state index is 12.5. The molecular weight excluding hydrogens is 374 g/mol. The molecule has 0 saturated carbocycles. The third-order valence-electron chi connectivity index (χ3n) is 3.73. The zero-order valence-electron chi connectivity index (χ0n) is 14.3. The molecule has 1 aromatic heterocycles. The zero-order chi connectivity index (χ0) is 20.1. The van der Waals surface area contributed by atoms with E-state index in [0.29, 0.717) is 5.56 Å². The third-order valence-corrected chi connectivity index (χ3v) is 3.73. The van der Waals surface area contributed by atoms with Crippen LogP contribution in [0, 0.1) is 10.1 Å². The molecule has 1 amide bonds. The van der Waals surface area contributed by atoms with Crippen molar-refractivity contribution in [3.63, 3.8) is 0 Å². The highest BCUT2D eigenvalue weighted by Crippen LogP contribution is 2.30. The second-order valence-corrected chi connectivity index (χ2v) is 5.66. The van der Waals surface area contributed by atoms with Crippen molar-refractivity contribution in [3.8, 4) is 11.4 Å². The average molecular weight is 388 g/mol. The van der Waals surface area contributed by atoms with E-state index in [1.807, 2.05) is 0 Å². The van der Waals surface area contributed by atoms with Crippen LogP contribution in [-0.4, -0.2) is 27.2 Å². The summed E-state index contributed by atoms with van der Waals surface area (Å²) in [5.41, 5.74) is 0.906. The van der Waals surface area contributed by atoms with Crippen molar-refractivity contribution in [3.05, 3.63) is 76.6 Å². The number of nitro groups is 1. The molecule has 0 aliphatic carbocycles. The summed E-state index contributed by atoms with van der Waals surface area (Å²) in [5.74, 6) is -0.894. The van der Waals surface area contributed by atoms with Gasteiger partial charge in [0.15, 0.2) is 0 Å². The molecule has 0 saturated heterocycles. The maximum absolute atomic E-state index is 12.5. The Balaban J connectivity index is 1.73. The highest BCUT2D eigenvalue weighted by atomic mass is 19.3. The number of aromatic nitrogens is 2. The lowest BCUT2D eigenvalue weighted by molar-refractivity contribution is -0.384. The third kappa shape index (κ3) is 4.67. The van der Waals surface area contributed by atoms with Crippen molar-refractivity contribution in [2.75, 3.05) is 5.32 Å². The van der Waals surface area contributed by atoms with Gasteiger partial charge in [0.05, 0.1) is 22.7 Å². The first-order valence-electron chi connectivity index (χ1n) is 8.04. The lowest BCUT2D eigenvalue weighted by Crippen LogP contribution is -2.16. The highest BCUT2D eigenvalue weighted by molar-refractivity contribution is 5.94. The van der Waals surface area contributed by atoms with E-state index in [4.69, 9.17) is 0 Å². The minimum atomic E-state index is -3.13. The standard InChI is InChI=1S/C18H14F2N4O4/c19-18(20)28-16-7-6-14(24(26)27)11-15(16)22-17(25)10-12-2-4-13(5-3-12)23-9-1-8-21-23/h1-9,11,18H,10H2,(H,22,25). The van der Waals surface area contributed by atoms with Crippen molar-refractivity contribution in [2.45, 2.75) is 13.0 Å². The van der Waals surface area contributed by atoms with Gasteiger partial charge in [-0.1, -0.05) is 12.1 Å². The molecule has 0 atom stereocenters. The lowest BCUT2D eigenvalue weighted by atomic mass is 10.1. The quantitative estimate of drug-likeness (QED) is 0.493. The Labute approximate surface area is 157 Å². The van der Waals surface area contributed by atoms with Crippen LogP contribution in [-0.2, 0) is 11.2 Å². The monoisotopic (exact) mass is 388 g/mol. The zero-order valence-corrected chi connectivity index (χ0v) is 14.3. The maximum Gasteiger partial charge on any atom is 0.387 e. The number of nitrogens with zero attached hydrogens (tertiary/aromatic N) is 3. The highest BCUT2D eigenvalue weighted by Gasteiger charge is 2.17. The molecule has 3 aromatic rings. The summed E-state index contributed by atoms with van der Waals surface area (Å²) in [6.45, 7) is -3.13. The minimum Gasteiger partial charge on any atom is -0.433 e. The molecule has 1 N–H and O–H groups in total. The molecule has 0 bridgehead atoms. The summed E-state index contributed by atoms with van der Waals surface area (Å²) in [4.78, 5) is 22.5. The molecule has 28 heavy (non-hydrogen) atoms. The normalized spacial score (nSPS) is 10.7. The number of carbonyl (C=O) groups excluding carboxylic acids is 1. The van der Waals surface area contributed by atoms with Crippen LogP contribution < -0.4 is 10.1 Å². The van der Waals surface area contributed by atoms with Gasteiger partial charge in [-0.25, -0.2) is 4.68 Å². The fourth-order valence-corrected chi connectivity index (χ4v) is 2.50. The van der Waals surface area contributed by atoms with Gasteiger partial charge in [-0.2, -0.15) is 13.9 Å². The molecule has 0 radical (unpaired) electrons. The first-order chi connectivity index (χ1) is 13.4. The Hall–Kier alpha value is -3.82. The molecule has 0 aliphatic heterocycles. The molecule has 0 fully saturated rings. The van der Waals surface area contributed by atoms with Crippen LogP contribution in [0.5, 0.6) is 5.75 Å². The average Bonchev–Trinajstić information content (AvgIpc) is 3.18. The summed E-state index contributed by atoms with van der Waals surface area (Å²) in [7, 11) is 0. The van der Waals surface area contributed by atoms with Crippen LogP contribution in [0.4, 0.5) is 20.2 Å². The van der Waals surface area contributed by atoms with E-state index >= 15 is 0 Å². The van der Waals surface area contributed by atoms with E-state index < -0.39 is 17.4 Å². The Morgan fingerprint density at radius 3 is 2.61 bits per heavy atom. The van der Waals surface area contributed by atoms with Crippen molar-refractivity contribution in [2.24, 2.45) is 0 Å². The molecular formula is C18H14F2N4O4. The Morgan fingerprint density at radius 2 is 2.00 bits per heavy atom. The fourth-order valence-electron chi connectivity index (χ4n) is 2.50. The molecule has 2 aromatic carbocycles. The van der Waals surface area contributed by atoms with Gasteiger partial charge in [-0.15, -0.1) is 0 Å². The SMILES string of the molecule is O=C(Cc1ccc(-n2cccn2)cc1)Nc1cc([N+](=O)[O-])ccc1OC(F)F. The molecule has 0 spiro atoms. The summed E-state index contributed by atoms with van der Waals surface area (Å²) in [6, 6.07) is 11.8. The van der Waals surface area contributed by atoms with Crippen LogP contribution in [0.15, 0.2) is 60.9 Å². The number of hydrogen-bond donors (Lipinski definition) is 1. The van der Waals surface area contributed by atoms with Gasteiger partial charge in [0.25, 0.3) is 5.69 Å². The Kier molecular flexibility index (Phi) is 5.58. The number of hydrogen-bond acceptors (Lipinski definition) is 5. The van der Waals surface area contributed by atoms with Gasteiger partial charge in [-0.3, -0.25) is 14.9 Å². The first kappa shape index (κ1) is 19.0. The Morgan fingerprint density at radius 1 is 1.25 bits per heavy atom. The van der Waals surface area contributed by atoms with Gasteiger partial charge in [0, 0.05) is 24.5 Å². The number of amides is 1. The number of non-ortho nitro benzene ring substituents is 1. The molecule has 0 unspecified atom stereocenters. The van der Waals surface area contributed by atoms with Gasteiger partial charge < -0.3 is 10.1 Å². The van der Waals surface area contributed by atoms with E-state index in [2.05, 4.69) is 15.2 Å². The molecule has 1 heterocycles. The predicted molar refractivity (Wildman–Crippen MR) is 95.6 cm³/mol. The number of halogens is 2. The van der Waals surface area contributed by atoms with Crippen LogP contribution in [0.25, 0.3) is 5.69 Å². The first-order valence-corrected chi connectivity index (χ1v) is 8.04. The van der Waals surface area contributed by atoms with E-state index in [9.17, 15) is 23.7 Å². The van der Waals surface area contributed by atoms with E-state index in [-0.39, 0.29) is 23.5 Å². The second-order valence-electron chi connectivity index (χ2n) is 5.66. The number of ether oxygens (including phenoxy) is 1. The van der Waals surface area contributed by atoms with Gasteiger partial charge >= 0.3 is 6.61 Å². The molecule has 3 rings (SSSR count). The molecule has 8 nitrogen and oxygen atoms in total. The van der Waals surface area contributed by atoms with Crippen molar-refractivity contribution in [1.29, 1.82) is 0 Å². The minimum absolute atomic E-state index is 0.0593. The summed E-state index contributed by atoms with van der Waals surface area (Å²) in [5, 5.41) is 17.4. The van der Waals surface area contributed by atoms with E-state index in [1.54, 1.807) is 47.4 Å². The van der Waals surface area contributed by atoms with Crippen LogP contribution >= 0.6 is 0 Å². The molecule has 144 valence electrons. The summed E-state index contributed by atoms with van der Waals surface area (Å²) >= 11 is 0. The smallest absolute Gasteiger partial charge is 0.387 e. The lowest BCUT2D eigenvalue weighted by Gasteiger charge is -2.12. The number of nitro benzene ring substituents is 1. The Bertz CT molecular complexity index is 976. The number of anilines is 1. The number of alkyl halides is 2. The topological polar surface area (TPSA) is 99.3 Å². The van der Waals surface area contributed by atoms with E-state index in [1.165, 1.54) is 0 Å². The van der Waals surface area contributed by atoms with Gasteiger partial charge in [0.2, 0.25) is 5.91 Å². The number of rotatable bonds is 7. The fraction of sp³-hybridized carbons (Fsp3) is 0.111. The molecule has 0 aliphatic rings.